The highest BCUT2D eigenvalue weighted by atomic mass is 35.5. The van der Waals surface area contributed by atoms with E-state index in [9.17, 15) is 4.39 Å². The van der Waals surface area contributed by atoms with Crippen molar-refractivity contribution in [2.75, 3.05) is 11.9 Å². The van der Waals surface area contributed by atoms with Crippen molar-refractivity contribution in [3.05, 3.63) is 29.0 Å². The molecule has 2 unspecified atom stereocenters. The highest BCUT2D eigenvalue weighted by molar-refractivity contribution is 6.33. The number of para-hydroxylation sites is 1. The van der Waals surface area contributed by atoms with Crippen molar-refractivity contribution in [1.29, 1.82) is 0 Å². The summed E-state index contributed by atoms with van der Waals surface area (Å²) in [5.74, 6) is -0.288. The molecule has 1 aromatic rings. The van der Waals surface area contributed by atoms with E-state index in [2.05, 4.69) is 17.6 Å². The quantitative estimate of drug-likeness (QED) is 0.863. The van der Waals surface area contributed by atoms with Gasteiger partial charge in [-0.2, -0.15) is 0 Å². The van der Waals surface area contributed by atoms with Crippen LogP contribution in [0, 0.1) is 5.82 Å². The Bertz CT molecular complexity index is 357. The molecule has 2 nitrogen and oxygen atoms in total. The smallest absolute Gasteiger partial charge is 0.147 e. The van der Waals surface area contributed by atoms with Crippen LogP contribution in [0.25, 0.3) is 0 Å². The normalized spacial score (nSPS) is 21.5. The van der Waals surface area contributed by atoms with Crippen molar-refractivity contribution in [3.63, 3.8) is 0 Å². The minimum Gasteiger partial charge on any atom is -0.379 e. The van der Waals surface area contributed by atoms with Gasteiger partial charge in [-0.05, 0) is 44.9 Å². The number of halogens is 2. The zero-order valence-corrected chi connectivity index (χ0v) is 10.7. The number of nitrogens with one attached hydrogen (secondary N) is 2. The molecule has 1 heterocycles. The Kier molecular flexibility index (Phi) is 4.24. The lowest BCUT2D eigenvalue weighted by Crippen LogP contribution is -2.29. The lowest BCUT2D eigenvalue weighted by molar-refractivity contribution is 0.521. The molecular formula is C13H18ClFN2. The number of benzene rings is 1. The van der Waals surface area contributed by atoms with Crippen LogP contribution in [0.2, 0.25) is 5.02 Å². The highest BCUT2D eigenvalue weighted by Crippen LogP contribution is 2.26. The first-order chi connectivity index (χ1) is 8.16. The summed E-state index contributed by atoms with van der Waals surface area (Å²) in [6.07, 6.45) is 3.43. The number of hydrogen-bond donors (Lipinski definition) is 2. The molecule has 1 aliphatic rings. The predicted molar refractivity (Wildman–Crippen MR) is 70.1 cm³/mol. The average Bonchev–Trinajstić information content (AvgIpc) is 2.76. The molecule has 1 fully saturated rings. The Hall–Kier alpha value is -0.800. The van der Waals surface area contributed by atoms with Crippen LogP contribution in [0.5, 0.6) is 0 Å². The van der Waals surface area contributed by atoms with Gasteiger partial charge in [0.05, 0.1) is 10.7 Å². The Morgan fingerprint density at radius 3 is 3.06 bits per heavy atom. The van der Waals surface area contributed by atoms with E-state index in [0.717, 1.165) is 13.0 Å². The Morgan fingerprint density at radius 1 is 1.59 bits per heavy atom. The third-order valence-corrected chi connectivity index (χ3v) is 3.47. The maximum absolute atomic E-state index is 13.6. The first-order valence-corrected chi connectivity index (χ1v) is 6.48. The van der Waals surface area contributed by atoms with Gasteiger partial charge in [0.1, 0.15) is 5.82 Å². The minimum absolute atomic E-state index is 0.208. The van der Waals surface area contributed by atoms with E-state index in [1.54, 1.807) is 12.1 Å². The topological polar surface area (TPSA) is 24.1 Å². The van der Waals surface area contributed by atoms with Crippen LogP contribution >= 0.6 is 11.6 Å². The van der Waals surface area contributed by atoms with E-state index in [1.165, 1.54) is 18.9 Å². The summed E-state index contributed by atoms with van der Waals surface area (Å²) < 4.78 is 13.6. The molecule has 1 aromatic carbocycles. The molecule has 0 aliphatic carbocycles. The molecule has 0 aromatic heterocycles. The SMILES string of the molecule is CC(CC1CCCN1)Nc1c(F)cccc1Cl. The van der Waals surface area contributed by atoms with Crippen LogP contribution in [-0.2, 0) is 0 Å². The zero-order valence-electron chi connectivity index (χ0n) is 9.97. The lowest BCUT2D eigenvalue weighted by atomic mass is 10.1. The van der Waals surface area contributed by atoms with Gasteiger partial charge in [-0.15, -0.1) is 0 Å². The van der Waals surface area contributed by atoms with Crippen LogP contribution in [-0.4, -0.2) is 18.6 Å². The fraction of sp³-hybridized carbons (Fsp3) is 0.538. The second kappa shape index (κ2) is 5.69. The molecule has 0 saturated carbocycles. The van der Waals surface area contributed by atoms with E-state index >= 15 is 0 Å². The first kappa shape index (κ1) is 12.7. The van der Waals surface area contributed by atoms with Crippen LogP contribution in [0.15, 0.2) is 18.2 Å². The molecular weight excluding hydrogens is 239 g/mol. The summed E-state index contributed by atoms with van der Waals surface area (Å²) in [5, 5.41) is 7.04. The van der Waals surface area contributed by atoms with Gasteiger partial charge in [-0.1, -0.05) is 17.7 Å². The second-order valence-electron chi connectivity index (χ2n) is 4.67. The van der Waals surface area contributed by atoms with Gasteiger partial charge in [0.15, 0.2) is 0 Å². The molecule has 0 spiro atoms. The third-order valence-electron chi connectivity index (χ3n) is 3.15. The van der Waals surface area contributed by atoms with Crippen molar-refractivity contribution in [2.45, 2.75) is 38.3 Å². The molecule has 94 valence electrons. The van der Waals surface area contributed by atoms with Crippen LogP contribution < -0.4 is 10.6 Å². The van der Waals surface area contributed by atoms with Gasteiger partial charge in [-0.25, -0.2) is 4.39 Å². The Labute approximate surface area is 107 Å². The van der Waals surface area contributed by atoms with Gasteiger partial charge >= 0.3 is 0 Å². The highest BCUT2D eigenvalue weighted by Gasteiger charge is 2.18. The lowest BCUT2D eigenvalue weighted by Gasteiger charge is -2.20. The van der Waals surface area contributed by atoms with E-state index in [1.807, 2.05) is 0 Å². The Morgan fingerprint density at radius 2 is 2.41 bits per heavy atom. The molecule has 0 radical (unpaired) electrons. The van der Waals surface area contributed by atoms with E-state index in [0.29, 0.717) is 16.8 Å². The summed E-state index contributed by atoms with van der Waals surface area (Å²) in [6.45, 7) is 3.15. The monoisotopic (exact) mass is 256 g/mol. The fourth-order valence-electron chi connectivity index (χ4n) is 2.33. The largest absolute Gasteiger partial charge is 0.379 e. The van der Waals surface area contributed by atoms with Crippen molar-refractivity contribution in [1.82, 2.24) is 5.32 Å². The van der Waals surface area contributed by atoms with Gasteiger partial charge in [-0.3, -0.25) is 0 Å². The van der Waals surface area contributed by atoms with E-state index < -0.39 is 0 Å². The summed E-state index contributed by atoms with van der Waals surface area (Å²) in [5.41, 5.74) is 0.416. The number of anilines is 1. The van der Waals surface area contributed by atoms with Gasteiger partial charge in [0.25, 0.3) is 0 Å². The molecule has 0 bridgehead atoms. The summed E-state index contributed by atoms with van der Waals surface area (Å²) >= 11 is 5.97. The Balaban J connectivity index is 1.95. The molecule has 4 heteroatoms. The molecule has 2 rings (SSSR count). The molecule has 1 saturated heterocycles. The summed E-state index contributed by atoms with van der Waals surface area (Å²) in [4.78, 5) is 0. The molecule has 2 atom stereocenters. The minimum atomic E-state index is -0.288. The van der Waals surface area contributed by atoms with Crippen molar-refractivity contribution in [3.8, 4) is 0 Å². The molecule has 2 N–H and O–H groups in total. The summed E-state index contributed by atoms with van der Waals surface area (Å²) in [7, 11) is 0. The van der Waals surface area contributed by atoms with E-state index in [4.69, 9.17) is 11.6 Å². The molecule has 0 amide bonds. The van der Waals surface area contributed by atoms with Gasteiger partial charge in [0, 0.05) is 12.1 Å². The van der Waals surface area contributed by atoms with E-state index in [-0.39, 0.29) is 11.9 Å². The fourth-order valence-corrected chi connectivity index (χ4v) is 2.54. The van der Waals surface area contributed by atoms with Crippen LogP contribution in [0.3, 0.4) is 0 Å². The second-order valence-corrected chi connectivity index (χ2v) is 5.08. The number of hydrogen-bond acceptors (Lipinski definition) is 2. The average molecular weight is 257 g/mol. The standard InChI is InChI=1S/C13H18ClFN2/c1-9(8-10-4-3-7-16-10)17-13-11(14)5-2-6-12(13)15/h2,5-6,9-10,16-17H,3-4,7-8H2,1H3. The van der Waals surface area contributed by atoms with Crippen LogP contribution in [0.1, 0.15) is 26.2 Å². The molecule has 17 heavy (non-hydrogen) atoms. The predicted octanol–water partition coefficient (Wildman–Crippen LogP) is 3.42. The van der Waals surface area contributed by atoms with Gasteiger partial charge in [0.2, 0.25) is 0 Å². The van der Waals surface area contributed by atoms with Crippen molar-refractivity contribution >= 4 is 17.3 Å². The third kappa shape index (κ3) is 3.33. The van der Waals surface area contributed by atoms with Crippen molar-refractivity contribution < 1.29 is 4.39 Å². The first-order valence-electron chi connectivity index (χ1n) is 6.10. The summed E-state index contributed by atoms with van der Waals surface area (Å²) in [6, 6.07) is 5.50. The zero-order chi connectivity index (χ0) is 12.3. The maximum atomic E-state index is 13.6. The van der Waals surface area contributed by atoms with Gasteiger partial charge < -0.3 is 10.6 Å². The van der Waals surface area contributed by atoms with Crippen LogP contribution in [0.4, 0.5) is 10.1 Å². The number of rotatable bonds is 4. The maximum Gasteiger partial charge on any atom is 0.147 e. The molecule has 1 aliphatic heterocycles. The van der Waals surface area contributed by atoms with Crippen molar-refractivity contribution in [2.24, 2.45) is 0 Å².